The van der Waals surface area contributed by atoms with Gasteiger partial charge in [-0.25, -0.2) is 0 Å². The van der Waals surface area contributed by atoms with Crippen LogP contribution in [0.25, 0.3) is 0 Å². The summed E-state index contributed by atoms with van der Waals surface area (Å²) in [7, 11) is 1.82. The molecule has 88 valence electrons. The van der Waals surface area contributed by atoms with Crippen molar-refractivity contribution in [2.75, 3.05) is 7.05 Å². The first-order chi connectivity index (χ1) is 8.16. The first kappa shape index (κ1) is 12.3. The first-order valence-corrected chi connectivity index (χ1v) is 6.92. The van der Waals surface area contributed by atoms with Gasteiger partial charge in [0.25, 0.3) is 5.91 Å². The van der Waals surface area contributed by atoms with Crippen LogP contribution in [0, 0.1) is 0 Å². The van der Waals surface area contributed by atoms with E-state index in [4.69, 9.17) is 0 Å². The van der Waals surface area contributed by atoms with Gasteiger partial charge in [-0.15, -0.1) is 0 Å². The van der Waals surface area contributed by atoms with Gasteiger partial charge in [-0.2, -0.15) is 11.3 Å². The van der Waals surface area contributed by atoms with Gasteiger partial charge in [0.1, 0.15) is 0 Å². The molecule has 0 spiro atoms. The van der Waals surface area contributed by atoms with Gasteiger partial charge in [0.15, 0.2) is 0 Å². The quantitative estimate of drug-likeness (QED) is 0.845. The van der Waals surface area contributed by atoms with Gasteiger partial charge in [-0.3, -0.25) is 4.79 Å². The molecule has 2 nitrogen and oxygen atoms in total. The predicted octanol–water partition coefficient (Wildman–Crippen LogP) is 3.78. The summed E-state index contributed by atoms with van der Waals surface area (Å²) >= 11 is 5.02. The van der Waals surface area contributed by atoms with Crippen molar-refractivity contribution in [3.8, 4) is 0 Å². The maximum atomic E-state index is 12.1. The molecule has 0 atom stereocenters. The fourth-order valence-corrected chi connectivity index (χ4v) is 2.63. The van der Waals surface area contributed by atoms with Crippen LogP contribution in [0.5, 0.6) is 0 Å². The number of halogens is 1. The monoisotopic (exact) mass is 309 g/mol. The molecule has 0 aliphatic carbocycles. The maximum Gasteiger partial charge on any atom is 0.253 e. The fraction of sp³-hybridized carbons (Fsp3) is 0.154. The number of benzene rings is 1. The Balaban J connectivity index is 2.09. The van der Waals surface area contributed by atoms with Crippen LogP contribution in [0.1, 0.15) is 15.9 Å². The van der Waals surface area contributed by atoms with Crippen molar-refractivity contribution in [3.63, 3.8) is 0 Å². The molecule has 2 aromatic rings. The van der Waals surface area contributed by atoms with Crippen LogP contribution in [-0.4, -0.2) is 17.9 Å². The highest BCUT2D eigenvalue weighted by Crippen LogP contribution is 2.15. The van der Waals surface area contributed by atoms with E-state index in [0.29, 0.717) is 12.1 Å². The van der Waals surface area contributed by atoms with Gasteiger partial charge >= 0.3 is 0 Å². The zero-order chi connectivity index (χ0) is 12.3. The Labute approximate surface area is 113 Å². The number of rotatable bonds is 3. The molecule has 0 unspecified atom stereocenters. The van der Waals surface area contributed by atoms with E-state index in [1.807, 2.05) is 42.8 Å². The first-order valence-electron chi connectivity index (χ1n) is 5.19. The number of hydrogen-bond donors (Lipinski definition) is 0. The third-order valence-corrected chi connectivity index (χ3v) is 3.64. The standard InChI is InChI=1S/C13H12BrNOS/c1-15(8-10-5-6-17-9-10)13(16)11-3-2-4-12(14)7-11/h2-7,9H,8H2,1H3. The molecule has 2 rings (SSSR count). The summed E-state index contributed by atoms with van der Waals surface area (Å²) < 4.78 is 0.923. The van der Waals surface area contributed by atoms with Crippen molar-refractivity contribution < 1.29 is 4.79 Å². The lowest BCUT2D eigenvalue weighted by molar-refractivity contribution is 0.0785. The van der Waals surface area contributed by atoms with E-state index in [2.05, 4.69) is 21.3 Å². The predicted molar refractivity (Wildman–Crippen MR) is 74.3 cm³/mol. The van der Waals surface area contributed by atoms with Gasteiger partial charge < -0.3 is 4.90 Å². The van der Waals surface area contributed by atoms with Crippen molar-refractivity contribution in [2.45, 2.75) is 6.54 Å². The molecule has 1 aromatic carbocycles. The Hall–Kier alpha value is -1.13. The molecule has 0 fully saturated rings. The van der Waals surface area contributed by atoms with Crippen LogP contribution in [-0.2, 0) is 6.54 Å². The van der Waals surface area contributed by atoms with Crippen molar-refractivity contribution in [2.24, 2.45) is 0 Å². The zero-order valence-corrected chi connectivity index (χ0v) is 11.8. The summed E-state index contributed by atoms with van der Waals surface area (Å²) in [4.78, 5) is 13.9. The molecule has 1 aromatic heterocycles. The van der Waals surface area contributed by atoms with Crippen LogP contribution < -0.4 is 0 Å². The third-order valence-electron chi connectivity index (χ3n) is 2.42. The summed E-state index contributed by atoms with van der Waals surface area (Å²) in [5.74, 6) is 0.0394. The van der Waals surface area contributed by atoms with E-state index in [9.17, 15) is 4.79 Å². The Morgan fingerprint density at radius 2 is 2.24 bits per heavy atom. The van der Waals surface area contributed by atoms with E-state index in [1.165, 1.54) is 5.56 Å². The number of carbonyl (C=O) groups is 1. The lowest BCUT2D eigenvalue weighted by Gasteiger charge is -2.16. The van der Waals surface area contributed by atoms with Gasteiger partial charge in [0.05, 0.1) is 0 Å². The molecule has 0 bridgehead atoms. The van der Waals surface area contributed by atoms with E-state index < -0.39 is 0 Å². The van der Waals surface area contributed by atoms with Crippen LogP contribution in [0.2, 0.25) is 0 Å². The number of nitrogens with zero attached hydrogens (tertiary/aromatic N) is 1. The van der Waals surface area contributed by atoms with Crippen LogP contribution in [0.4, 0.5) is 0 Å². The van der Waals surface area contributed by atoms with E-state index >= 15 is 0 Å². The van der Waals surface area contributed by atoms with Crippen molar-refractivity contribution in [1.82, 2.24) is 4.90 Å². The SMILES string of the molecule is CN(Cc1ccsc1)C(=O)c1cccc(Br)c1. The van der Waals surface area contributed by atoms with Crippen molar-refractivity contribution >= 4 is 33.2 Å². The van der Waals surface area contributed by atoms with Gasteiger partial charge in [0, 0.05) is 23.6 Å². The average Bonchev–Trinajstić information content (AvgIpc) is 2.80. The highest BCUT2D eigenvalue weighted by atomic mass is 79.9. The van der Waals surface area contributed by atoms with Crippen molar-refractivity contribution in [1.29, 1.82) is 0 Å². The molecule has 1 amide bonds. The molecule has 0 aliphatic rings. The van der Waals surface area contributed by atoms with E-state index in [1.54, 1.807) is 16.2 Å². The number of thiophene rings is 1. The maximum absolute atomic E-state index is 12.1. The van der Waals surface area contributed by atoms with Gasteiger partial charge in [-0.1, -0.05) is 22.0 Å². The smallest absolute Gasteiger partial charge is 0.253 e. The topological polar surface area (TPSA) is 20.3 Å². The minimum absolute atomic E-state index is 0.0394. The summed E-state index contributed by atoms with van der Waals surface area (Å²) in [5.41, 5.74) is 1.87. The van der Waals surface area contributed by atoms with Gasteiger partial charge in [-0.05, 0) is 40.6 Å². The molecule has 0 radical (unpaired) electrons. The van der Waals surface area contributed by atoms with Gasteiger partial charge in [0.2, 0.25) is 0 Å². The zero-order valence-electron chi connectivity index (χ0n) is 9.39. The Bertz CT molecular complexity index is 510. The fourth-order valence-electron chi connectivity index (χ4n) is 1.57. The second kappa shape index (κ2) is 5.47. The molecular formula is C13H12BrNOS. The minimum atomic E-state index is 0.0394. The Morgan fingerprint density at radius 3 is 2.88 bits per heavy atom. The second-order valence-electron chi connectivity index (χ2n) is 3.80. The average molecular weight is 310 g/mol. The van der Waals surface area contributed by atoms with Crippen molar-refractivity contribution in [3.05, 3.63) is 56.7 Å². The van der Waals surface area contributed by atoms with E-state index in [-0.39, 0.29) is 5.91 Å². The number of amides is 1. The largest absolute Gasteiger partial charge is 0.337 e. The number of hydrogen-bond acceptors (Lipinski definition) is 2. The molecule has 17 heavy (non-hydrogen) atoms. The Morgan fingerprint density at radius 1 is 1.41 bits per heavy atom. The molecule has 1 heterocycles. The summed E-state index contributed by atoms with van der Waals surface area (Å²) in [6.45, 7) is 0.648. The highest BCUT2D eigenvalue weighted by Gasteiger charge is 2.12. The normalized spacial score (nSPS) is 10.2. The lowest BCUT2D eigenvalue weighted by Crippen LogP contribution is -2.25. The molecule has 4 heteroatoms. The number of carbonyl (C=O) groups excluding carboxylic acids is 1. The van der Waals surface area contributed by atoms with E-state index in [0.717, 1.165) is 4.47 Å². The third kappa shape index (κ3) is 3.17. The summed E-state index contributed by atoms with van der Waals surface area (Å²) in [6, 6.07) is 9.49. The Kier molecular flexibility index (Phi) is 3.97. The van der Waals surface area contributed by atoms with Crippen LogP contribution in [0.3, 0.4) is 0 Å². The summed E-state index contributed by atoms with van der Waals surface area (Å²) in [5, 5.41) is 4.08. The van der Waals surface area contributed by atoms with Crippen LogP contribution >= 0.6 is 27.3 Å². The molecular weight excluding hydrogens is 298 g/mol. The highest BCUT2D eigenvalue weighted by molar-refractivity contribution is 9.10. The molecule has 0 aliphatic heterocycles. The lowest BCUT2D eigenvalue weighted by atomic mass is 10.2. The second-order valence-corrected chi connectivity index (χ2v) is 5.50. The summed E-state index contributed by atoms with van der Waals surface area (Å²) in [6.07, 6.45) is 0. The molecule has 0 saturated carbocycles. The molecule has 0 N–H and O–H groups in total. The molecule has 0 saturated heterocycles. The minimum Gasteiger partial charge on any atom is -0.337 e. The van der Waals surface area contributed by atoms with Crippen LogP contribution in [0.15, 0.2) is 45.6 Å².